The van der Waals surface area contributed by atoms with Crippen molar-refractivity contribution < 1.29 is 9.63 Å². The van der Waals surface area contributed by atoms with Gasteiger partial charge in [-0.05, 0) is 37.5 Å². The number of β-amino-alcohol motifs (C(OH)–C–C–N with tert-alkyl or cyclic N) is 1. The first-order valence-corrected chi connectivity index (χ1v) is 7.28. The highest BCUT2D eigenvalue weighted by Crippen LogP contribution is 2.41. The Kier molecular flexibility index (Phi) is 3.35. The molecule has 3 rings (SSSR count). The molecule has 0 bridgehead atoms. The van der Waals surface area contributed by atoms with Gasteiger partial charge in [0.1, 0.15) is 0 Å². The van der Waals surface area contributed by atoms with Gasteiger partial charge >= 0.3 is 0 Å². The van der Waals surface area contributed by atoms with Crippen LogP contribution < -0.4 is 5.32 Å². The first-order chi connectivity index (χ1) is 9.03. The van der Waals surface area contributed by atoms with E-state index in [9.17, 15) is 5.11 Å². The molecule has 2 aliphatic rings. The third kappa shape index (κ3) is 2.82. The molecule has 2 unspecified atom stereocenters. The van der Waals surface area contributed by atoms with Crippen molar-refractivity contribution in [2.45, 2.75) is 64.0 Å². The van der Waals surface area contributed by atoms with Gasteiger partial charge in [-0.2, -0.15) is 4.98 Å². The summed E-state index contributed by atoms with van der Waals surface area (Å²) in [7, 11) is 0. The van der Waals surface area contributed by atoms with Gasteiger partial charge in [-0.3, -0.25) is 0 Å². The molecule has 0 spiro atoms. The minimum atomic E-state index is -0.296. The Morgan fingerprint density at radius 3 is 2.68 bits per heavy atom. The van der Waals surface area contributed by atoms with Crippen LogP contribution in [-0.4, -0.2) is 27.9 Å². The van der Waals surface area contributed by atoms with Gasteiger partial charge in [0.25, 0.3) is 0 Å². The van der Waals surface area contributed by atoms with E-state index in [1.165, 1.54) is 12.8 Å². The highest BCUT2D eigenvalue weighted by atomic mass is 16.5. The summed E-state index contributed by atoms with van der Waals surface area (Å²) < 4.78 is 5.37. The molecule has 106 valence electrons. The van der Waals surface area contributed by atoms with Crippen LogP contribution in [0.4, 0.5) is 0 Å². The topological polar surface area (TPSA) is 71.2 Å². The first kappa shape index (κ1) is 13.1. The molecule has 2 fully saturated rings. The second kappa shape index (κ2) is 4.87. The predicted molar refractivity (Wildman–Crippen MR) is 70.7 cm³/mol. The molecule has 5 heteroatoms. The number of nitrogens with one attached hydrogen (secondary N) is 1. The highest BCUT2D eigenvalue weighted by molar-refractivity contribution is 5.03. The number of hydrogen-bond donors (Lipinski definition) is 2. The Morgan fingerprint density at radius 2 is 2.05 bits per heavy atom. The van der Waals surface area contributed by atoms with Crippen LogP contribution >= 0.6 is 0 Å². The van der Waals surface area contributed by atoms with Crippen molar-refractivity contribution >= 4 is 0 Å². The molecule has 1 aromatic rings. The zero-order valence-electron chi connectivity index (χ0n) is 11.7. The highest BCUT2D eigenvalue weighted by Gasteiger charge is 2.32. The van der Waals surface area contributed by atoms with Gasteiger partial charge in [0.15, 0.2) is 5.82 Å². The van der Waals surface area contributed by atoms with E-state index in [-0.39, 0.29) is 12.1 Å². The van der Waals surface area contributed by atoms with Crippen LogP contribution in [0.5, 0.6) is 0 Å². The predicted octanol–water partition coefficient (Wildman–Crippen LogP) is 2.15. The lowest BCUT2D eigenvalue weighted by Crippen LogP contribution is -2.21. The van der Waals surface area contributed by atoms with Gasteiger partial charge in [-0.1, -0.05) is 19.0 Å². The first-order valence-electron chi connectivity index (χ1n) is 7.28. The smallest absolute Gasteiger partial charge is 0.243 e. The van der Waals surface area contributed by atoms with E-state index in [4.69, 9.17) is 4.52 Å². The largest absolute Gasteiger partial charge is 0.392 e. The molecule has 0 amide bonds. The van der Waals surface area contributed by atoms with Gasteiger partial charge in [0.2, 0.25) is 5.89 Å². The van der Waals surface area contributed by atoms with Gasteiger partial charge in [0, 0.05) is 12.5 Å². The van der Waals surface area contributed by atoms with Crippen molar-refractivity contribution in [2.24, 2.45) is 5.41 Å². The maximum absolute atomic E-state index is 9.52. The van der Waals surface area contributed by atoms with Crippen LogP contribution in [0.1, 0.15) is 69.6 Å². The number of rotatable bonds is 2. The molecule has 1 aliphatic carbocycles. The van der Waals surface area contributed by atoms with Crippen LogP contribution in [0.3, 0.4) is 0 Å². The van der Waals surface area contributed by atoms with Crippen molar-refractivity contribution in [3.8, 4) is 0 Å². The third-order valence-corrected chi connectivity index (χ3v) is 4.57. The monoisotopic (exact) mass is 265 g/mol. The summed E-state index contributed by atoms with van der Waals surface area (Å²) in [4.78, 5) is 4.55. The lowest BCUT2D eigenvalue weighted by atomic mass is 9.73. The van der Waals surface area contributed by atoms with Crippen molar-refractivity contribution in [2.75, 3.05) is 6.54 Å². The second-order valence-corrected chi connectivity index (χ2v) is 6.78. The average Bonchev–Trinajstić information content (AvgIpc) is 2.97. The van der Waals surface area contributed by atoms with E-state index in [0.717, 1.165) is 18.7 Å². The maximum atomic E-state index is 9.52. The second-order valence-electron chi connectivity index (χ2n) is 6.78. The summed E-state index contributed by atoms with van der Waals surface area (Å²) in [5.41, 5.74) is 0.459. The van der Waals surface area contributed by atoms with E-state index in [0.29, 0.717) is 30.2 Å². The van der Waals surface area contributed by atoms with Crippen LogP contribution in [0.2, 0.25) is 0 Å². The summed E-state index contributed by atoms with van der Waals surface area (Å²) in [6.07, 6.45) is 5.11. The summed E-state index contributed by atoms with van der Waals surface area (Å²) in [5.74, 6) is 1.93. The minimum absolute atomic E-state index is 0.0243. The Hall–Kier alpha value is -0.940. The lowest BCUT2D eigenvalue weighted by molar-refractivity contribution is 0.191. The zero-order chi connectivity index (χ0) is 13.5. The van der Waals surface area contributed by atoms with E-state index < -0.39 is 0 Å². The summed E-state index contributed by atoms with van der Waals surface area (Å²) in [6, 6.07) is 0.0243. The summed E-state index contributed by atoms with van der Waals surface area (Å²) in [6.45, 7) is 5.27. The molecule has 0 radical (unpaired) electrons. The summed E-state index contributed by atoms with van der Waals surface area (Å²) in [5, 5.41) is 16.9. The molecule has 19 heavy (non-hydrogen) atoms. The van der Waals surface area contributed by atoms with Gasteiger partial charge in [0.05, 0.1) is 12.1 Å². The van der Waals surface area contributed by atoms with Crippen molar-refractivity contribution in [1.29, 1.82) is 0 Å². The number of aliphatic hydroxyl groups is 1. The maximum Gasteiger partial charge on any atom is 0.243 e. The Balaban J connectivity index is 1.65. The Labute approximate surface area is 113 Å². The van der Waals surface area contributed by atoms with E-state index in [1.807, 2.05) is 0 Å². The van der Waals surface area contributed by atoms with E-state index in [2.05, 4.69) is 29.3 Å². The molecule has 2 atom stereocenters. The fraction of sp³-hybridized carbons (Fsp3) is 0.857. The quantitative estimate of drug-likeness (QED) is 0.857. The van der Waals surface area contributed by atoms with Gasteiger partial charge < -0.3 is 14.9 Å². The molecular formula is C14H23N3O2. The van der Waals surface area contributed by atoms with Gasteiger partial charge in [-0.25, -0.2) is 0 Å². The normalized spacial score (nSPS) is 31.7. The molecule has 0 aromatic carbocycles. The van der Waals surface area contributed by atoms with Crippen molar-refractivity contribution in [1.82, 2.24) is 15.5 Å². The molecule has 1 saturated carbocycles. The number of hydrogen-bond acceptors (Lipinski definition) is 5. The summed E-state index contributed by atoms with van der Waals surface area (Å²) >= 11 is 0. The molecular weight excluding hydrogens is 242 g/mol. The standard InChI is InChI=1S/C14H23N3O2/c1-14(2)5-3-9(4-6-14)12-16-13(19-17-12)11-7-10(18)8-15-11/h9-11,15,18H,3-8H2,1-2H3. The van der Waals surface area contributed by atoms with Gasteiger partial charge in [-0.15, -0.1) is 0 Å². The minimum Gasteiger partial charge on any atom is -0.392 e. The number of aromatic nitrogens is 2. The molecule has 1 saturated heterocycles. The Bertz CT molecular complexity index is 434. The molecule has 1 aliphatic heterocycles. The van der Waals surface area contributed by atoms with E-state index in [1.54, 1.807) is 0 Å². The fourth-order valence-electron chi connectivity index (χ4n) is 3.12. The average molecular weight is 265 g/mol. The fourth-order valence-corrected chi connectivity index (χ4v) is 3.12. The number of nitrogens with zero attached hydrogens (tertiary/aromatic N) is 2. The number of aliphatic hydroxyl groups excluding tert-OH is 1. The van der Waals surface area contributed by atoms with Crippen LogP contribution in [0.25, 0.3) is 0 Å². The molecule has 5 nitrogen and oxygen atoms in total. The van der Waals surface area contributed by atoms with Crippen LogP contribution in [0, 0.1) is 5.41 Å². The molecule has 2 N–H and O–H groups in total. The molecule has 2 heterocycles. The molecule has 1 aromatic heterocycles. The lowest BCUT2D eigenvalue weighted by Gasteiger charge is -2.32. The van der Waals surface area contributed by atoms with Crippen LogP contribution in [0.15, 0.2) is 4.52 Å². The Morgan fingerprint density at radius 1 is 1.32 bits per heavy atom. The van der Waals surface area contributed by atoms with Crippen molar-refractivity contribution in [3.05, 3.63) is 11.7 Å². The third-order valence-electron chi connectivity index (χ3n) is 4.57. The zero-order valence-corrected chi connectivity index (χ0v) is 11.7. The van der Waals surface area contributed by atoms with Crippen LogP contribution in [-0.2, 0) is 0 Å². The SMILES string of the molecule is CC1(C)CCC(c2noc(C3CC(O)CN3)n2)CC1. The van der Waals surface area contributed by atoms with E-state index >= 15 is 0 Å². The van der Waals surface area contributed by atoms with Crippen molar-refractivity contribution in [3.63, 3.8) is 0 Å².